The lowest BCUT2D eigenvalue weighted by Gasteiger charge is -2.08. The summed E-state index contributed by atoms with van der Waals surface area (Å²) in [4.78, 5) is 16.3. The zero-order chi connectivity index (χ0) is 14.0. The first-order chi connectivity index (χ1) is 9.01. The van der Waals surface area contributed by atoms with E-state index in [1.54, 1.807) is 0 Å². The minimum Gasteiger partial charge on any atom is -0.327 e. The van der Waals surface area contributed by atoms with Crippen LogP contribution in [0, 0.1) is 6.92 Å². The van der Waals surface area contributed by atoms with E-state index in [1.165, 1.54) is 0 Å². The highest BCUT2D eigenvalue weighted by Crippen LogP contribution is 2.21. The van der Waals surface area contributed by atoms with Crippen LogP contribution in [0.3, 0.4) is 0 Å². The summed E-state index contributed by atoms with van der Waals surface area (Å²) < 4.78 is 1.99. The van der Waals surface area contributed by atoms with Crippen LogP contribution in [-0.2, 0) is 11.3 Å². The van der Waals surface area contributed by atoms with Crippen LogP contribution in [0.15, 0.2) is 18.2 Å². The van der Waals surface area contributed by atoms with Gasteiger partial charge in [-0.2, -0.15) is 0 Å². The highest BCUT2D eigenvalue weighted by Gasteiger charge is 2.13. The molecular weight excluding hydrogens is 276 g/mol. The van der Waals surface area contributed by atoms with Crippen molar-refractivity contribution in [1.82, 2.24) is 9.55 Å². The van der Waals surface area contributed by atoms with Gasteiger partial charge in [0.1, 0.15) is 0 Å². The van der Waals surface area contributed by atoms with E-state index < -0.39 is 0 Å². The molecule has 1 aromatic carbocycles. The number of nitrogens with zero attached hydrogens (tertiary/aromatic N) is 2. The molecule has 0 bridgehead atoms. The first-order valence-electron chi connectivity index (χ1n) is 6.53. The summed E-state index contributed by atoms with van der Waals surface area (Å²) in [5, 5.41) is 2.83. The molecule has 110 valence electrons. The fourth-order valence-corrected chi connectivity index (χ4v) is 2.12. The first kappa shape index (κ1) is 16.5. The smallest absolute Gasteiger partial charge is 0.228 e. The first-order valence-corrected chi connectivity index (χ1v) is 6.53. The van der Waals surface area contributed by atoms with Gasteiger partial charge in [0.05, 0.1) is 11.0 Å². The fraction of sp³-hybridized carbons (Fsp3) is 0.429. The van der Waals surface area contributed by atoms with Gasteiger partial charge in [-0.3, -0.25) is 10.1 Å². The van der Waals surface area contributed by atoms with Crippen LogP contribution < -0.4 is 11.1 Å². The Hall–Kier alpha value is -1.59. The summed E-state index contributed by atoms with van der Waals surface area (Å²) in [6.07, 6.45) is 0.298. The van der Waals surface area contributed by atoms with Crippen molar-refractivity contribution in [1.29, 1.82) is 0 Å². The Balaban J connectivity index is 0.00000200. The number of aryl methyl sites for hydroxylation is 2. The Bertz CT molecular complexity index is 606. The van der Waals surface area contributed by atoms with Crippen molar-refractivity contribution in [3.63, 3.8) is 0 Å². The molecule has 6 heteroatoms. The monoisotopic (exact) mass is 296 g/mol. The molecule has 3 N–H and O–H groups in total. The van der Waals surface area contributed by atoms with Crippen LogP contribution in [0.25, 0.3) is 11.0 Å². The number of nitrogens with two attached hydrogens (primary N) is 1. The molecule has 5 nitrogen and oxygen atoms in total. The quantitative estimate of drug-likeness (QED) is 0.910. The Morgan fingerprint density at radius 3 is 2.80 bits per heavy atom. The van der Waals surface area contributed by atoms with Crippen molar-refractivity contribution >= 4 is 35.3 Å². The van der Waals surface area contributed by atoms with E-state index in [0.29, 0.717) is 12.4 Å². The molecule has 1 unspecified atom stereocenters. The molecule has 2 rings (SSSR count). The number of halogens is 1. The van der Waals surface area contributed by atoms with E-state index in [2.05, 4.69) is 10.3 Å². The normalized spacial score (nSPS) is 12.0. The Kier molecular flexibility index (Phi) is 5.53. The van der Waals surface area contributed by atoms with E-state index in [9.17, 15) is 4.79 Å². The molecular formula is C14H21ClN4O. The number of nitrogens with one attached hydrogen (secondary N) is 1. The third-order valence-electron chi connectivity index (χ3n) is 2.98. The lowest BCUT2D eigenvalue weighted by molar-refractivity contribution is -0.116. The number of rotatable bonds is 4. The predicted octanol–water partition coefficient (Wildman–Crippen LogP) is 2.46. The Morgan fingerprint density at radius 1 is 1.50 bits per heavy atom. The molecule has 0 spiro atoms. The molecule has 1 aromatic heterocycles. The topological polar surface area (TPSA) is 72.9 Å². The van der Waals surface area contributed by atoms with Gasteiger partial charge in [-0.1, -0.05) is 6.07 Å². The maximum atomic E-state index is 11.8. The van der Waals surface area contributed by atoms with Gasteiger partial charge in [-0.15, -0.1) is 12.4 Å². The van der Waals surface area contributed by atoms with Gasteiger partial charge in [0, 0.05) is 19.0 Å². The van der Waals surface area contributed by atoms with E-state index >= 15 is 0 Å². The Morgan fingerprint density at radius 2 is 2.20 bits per heavy atom. The molecule has 0 saturated carbocycles. The maximum Gasteiger partial charge on any atom is 0.228 e. The zero-order valence-corrected chi connectivity index (χ0v) is 12.8. The van der Waals surface area contributed by atoms with Crippen molar-refractivity contribution in [2.75, 3.05) is 5.32 Å². The minimum absolute atomic E-state index is 0. The second kappa shape index (κ2) is 6.72. The molecule has 0 radical (unpaired) electrons. The van der Waals surface area contributed by atoms with Crippen molar-refractivity contribution < 1.29 is 4.79 Å². The van der Waals surface area contributed by atoms with Gasteiger partial charge in [0.15, 0.2) is 0 Å². The molecule has 1 amide bonds. The molecule has 0 aliphatic heterocycles. The fourth-order valence-electron chi connectivity index (χ4n) is 2.12. The minimum atomic E-state index is -0.151. The summed E-state index contributed by atoms with van der Waals surface area (Å²) in [5.41, 5.74) is 8.71. The zero-order valence-electron chi connectivity index (χ0n) is 12.0. The number of carbonyl (C=O) groups excluding carboxylic acids is 1. The molecule has 0 aliphatic rings. The number of imidazole rings is 1. The number of amides is 1. The number of benzene rings is 1. The molecule has 1 atom stereocenters. The highest BCUT2D eigenvalue weighted by atomic mass is 35.5. The second-order valence-electron chi connectivity index (χ2n) is 4.90. The Labute approximate surface area is 125 Å². The van der Waals surface area contributed by atoms with Gasteiger partial charge in [0.25, 0.3) is 0 Å². The number of carbonyl (C=O) groups is 1. The van der Waals surface area contributed by atoms with Gasteiger partial charge < -0.3 is 10.3 Å². The van der Waals surface area contributed by atoms with Crippen LogP contribution in [-0.4, -0.2) is 21.5 Å². The molecule has 20 heavy (non-hydrogen) atoms. The number of hydrogen-bond donors (Lipinski definition) is 2. The van der Waals surface area contributed by atoms with Crippen molar-refractivity contribution in [3.05, 3.63) is 23.8 Å². The molecule has 1 heterocycles. The van der Waals surface area contributed by atoms with Crippen molar-refractivity contribution in [2.24, 2.45) is 5.73 Å². The van der Waals surface area contributed by atoms with Crippen LogP contribution in [0.1, 0.15) is 25.8 Å². The van der Waals surface area contributed by atoms with Crippen molar-refractivity contribution in [3.8, 4) is 0 Å². The van der Waals surface area contributed by atoms with E-state index in [-0.39, 0.29) is 24.4 Å². The van der Waals surface area contributed by atoms with E-state index in [1.807, 2.05) is 43.5 Å². The average Bonchev–Trinajstić information content (AvgIpc) is 2.63. The predicted molar refractivity (Wildman–Crippen MR) is 84.3 cm³/mol. The van der Waals surface area contributed by atoms with Crippen LogP contribution in [0.5, 0.6) is 0 Å². The summed E-state index contributed by atoms with van der Waals surface area (Å²) >= 11 is 0. The van der Waals surface area contributed by atoms with Gasteiger partial charge in [0.2, 0.25) is 11.9 Å². The van der Waals surface area contributed by atoms with Crippen LogP contribution in [0.4, 0.5) is 5.95 Å². The summed E-state index contributed by atoms with van der Waals surface area (Å²) in [6, 6.07) is 5.94. The maximum absolute atomic E-state index is 11.8. The average molecular weight is 297 g/mol. The van der Waals surface area contributed by atoms with Crippen LogP contribution in [0.2, 0.25) is 0 Å². The molecule has 0 aliphatic carbocycles. The number of fused-ring (bicyclic) bond motifs is 1. The van der Waals surface area contributed by atoms with Crippen molar-refractivity contribution in [2.45, 2.75) is 39.8 Å². The highest BCUT2D eigenvalue weighted by molar-refractivity contribution is 5.91. The van der Waals surface area contributed by atoms with E-state index in [4.69, 9.17) is 5.73 Å². The summed E-state index contributed by atoms with van der Waals surface area (Å²) in [7, 11) is 0. The number of aromatic nitrogens is 2. The summed E-state index contributed by atoms with van der Waals surface area (Å²) in [6.45, 7) is 6.63. The lowest BCUT2D eigenvalue weighted by atomic mass is 10.2. The third-order valence-corrected chi connectivity index (χ3v) is 2.98. The third kappa shape index (κ3) is 3.49. The van der Waals surface area contributed by atoms with Gasteiger partial charge in [-0.25, -0.2) is 4.98 Å². The second-order valence-corrected chi connectivity index (χ2v) is 4.90. The number of anilines is 1. The van der Waals surface area contributed by atoms with Gasteiger partial charge in [-0.05, 0) is 38.5 Å². The molecule has 0 saturated heterocycles. The number of hydrogen-bond acceptors (Lipinski definition) is 3. The largest absolute Gasteiger partial charge is 0.327 e. The molecule has 2 aromatic rings. The summed E-state index contributed by atoms with van der Waals surface area (Å²) in [5.74, 6) is 0.491. The van der Waals surface area contributed by atoms with Crippen LogP contribution >= 0.6 is 12.4 Å². The lowest BCUT2D eigenvalue weighted by Crippen LogP contribution is -2.25. The SMILES string of the molecule is CCn1c(NC(=O)CC(C)N)nc2cc(C)ccc21.Cl. The molecule has 0 fully saturated rings. The standard InChI is InChI=1S/C14H20N4O.ClH/c1-4-18-12-6-5-9(2)7-11(12)16-14(18)17-13(19)8-10(3)15;/h5-7,10H,4,8,15H2,1-3H3,(H,16,17,19);1H. The van der Waals surface area contributed by atoms with E-state index in [0.717, 1.165) is 23.1 Å². The van der Waals surface area contributed by atoms with Gasteiger partial charge >= 0.3 is 0 Å².